The molecule has 0 radical (unpaired) electrons. The summed E-state index contributed by atoms with van der Waals surface area (Å²) in [5.74, 6) is 1.79. The lowest BCUT2D eigenvalue weighted by molar-refractivity contribution is -0.590. The van der Waals surface area contributed by atoms with Gasteiger partial charge in [0.25, 0.3) is 0 Å². The Kier molecular flexibility index (Phi) is 3.58. The van der Waals surface area contributed by atoms with Crippen molar-refractivity contribution in [1.29, 1.82) is 0 Å². The van der Waals surface area contributed by atoms with Gasteiger partial charge in [-0.2, -0.15) is 4.57 Å². The molecule has 120 valence electrons. The molecule has 3 aromatic rings. The van der Waals surface area contributed by atoms with Gasteiger partial charge < -0.3 is 0 Å². The molecule has 0 saturated carbocycles. The summed E-state index contributed by atoms with van der Waals surface area (Å²) in [6.07, 6.45) is 0. The third-order valence-corrected chi connectivity index (χ3v) is 4.43. The molecule has 0 spiro atoms. The number of aliphatic imine (C=N–C) groups is 1. The van der Waals surface area contributed by atoms with Crippen LogP contribution in [0.3, 0.4) is 0 Å². The first-order chi connectivity index (χ1) is 11.7. The quantitative estimate of drug-likeness (QED) is 0.730. The van der Waals surface area contributed by atoms with E-state index in [1.807, 2.05) is 55.2 Å². The monoisotopic (exact) mass is 338 g/mol. The van der Waals surface area contributed by atoms with Crippen LogP contribution in [0.4, 0.5) is 5.95 Å². The average molecular weight is 339 g/mol. The molecular weight excluding hydrogens is 322 g/mol. The minimum absolute atomic E-state index is 0.543. The van der Waals surface area contributed by atoms with Gasteiger partial charge in [-0.05, 0) is 18.2 Å². The molecule has 0 unspecified atom stereocenters. The zero-order valence-corrected chi connectivity index (χ0v) is 14.2. The van der Waals surface area contributed by atoms with Crippen molar-refractivity contribution in [2.75, 3.05) is 12.4 Å². The van der Waals surface area contributed by atoms with Crippen LogP contribution < -0.4 is 9.88 Å². The first kappa shape index (κ1) is 14.9. The van der Waals surface area contributed by atoms with E-state index in [-0.39, 0.29) is 0 Å². The lowest BCUT2D eigenvalue weighted by Gasteiger charge is -2.10. The second kappa shape index (κ2) is 5.76. The Balaban J connectivity index is 2.02. The zero-order chi connectivity index (χ0) is 16.7. The van der Waals surface area contributed by atoms with E-state index in [2.05, 4.69) is 27.1 Å². The van der Waals surface area contributed by atoms with Gasteiger partial charge >= 0.3 is 5.95 Å². The molecular formula is C18H17ClN5+. The molecule has 5 nitrogen and oxygen atoms in total. The normalized spacial score (nSPS) is 12.9. The smallest absolute Gasteiger partial charge is 0.295 e. The van der Waals surface area contributed by atoms with E-state index in [0.29, 0.717) is 11.6 Å². The molecule has 6 heteroatoms. The molecule has 1 N–H and O–H groups in total. The average Bonchev–Trinajstić information content (AvgIpc) is 2.82. The second-order valence-corrected chi connectivity index (χ2v) is 6.08. The van der Waals surface area contributed by atoms with Crippen LogP contribution in [-0.4, -0.2) is 22.5 Å². The van der Waals surface area contributed by atoms with Crippen molar-refractivity contribution in [2.45, 2.75) is 6.54 Å². The highest BCUT2D eigenvalue weighted by molar-refractivity contribution is 6.31. The van der Waals surface area contributed by atoms with Crippen molar-refractivity contribution in [3.05, 3.63) is 70.5 Å². The molecule has 1 aliphatic rings. The highest BCUT2D eigenvalue weighted by Crippen LogP contribution is 2.24. The predicted molar refractivity (Wildman–Crippen MR) is 95.1 cm³/mol. The molecule has 0 aliphatic carbocycles. The number of hydrogen-bond donors (Lipinski definition) is 1. The lowest BCUT2D eigenvalue weighted by Crippen LogP contribution is -2.37. The van der Waals surface area contributed by atoms with Gasteiger partial charge in [-0.25, -0.2) is 0 Å². The Bertz CT molecular complexity index is 944. The van der Waals surface area contributed by atoms with Crippen LogP contribution in [0.5, 0.6) is 0 Å². The van der Waals surface area contributed by atoms with Gasteiger partial charge in [0.15, 0.2) is 0 Å². The van der Waals surface area contributed by atoms with E-state index in [4.69, 9.17) is 16.6 Å². The van der Waals surface area contributed by atoms with Crippen molar-refractivity contribution in [2.24, 2.45) is 12.0 Å². The van der Waals surface area contributed by atoms with Crippen LogP contribution in [0.2, 0.25) is 5.02 Å². The fourth-order valence-corrected chi connectivity index (χ4v) is 3.24. The van der Waals surface area contributed by atoms with Gasteiger partial charge in [0.2, 0.25) is 5.82 Å². The summed E-state index contributed by atoms with van der Waals surface area (Å²) in [4.78, 5) is 4.87. The SMILES string of the molecule is CNc1nn(C)c2[n+]1-c1ccc(Cl)cc1C(c1ccccc1)=NC2. The van der Waals surface area contributed by atoms with Gasteiger partial charge in [-0.3, -0.25) is 10.3 Å². The maximum absolute atomic E-state index is 6.29. The number of fused-ring (bicyclic) bond motifs is 3. The van der Waals surface area contributed by atoms with Crippen LogP contribution in [0.25, 0.3) is 5.69 Å². The van der Waals surface area contributed by atoms with Gasteiger partial charge in [-0.15, -0.1) is 4.68 Å². The van der Waals surface area contributed by atoms with Crippen LogP contribution in [0.1, 0.15) is 17.0 Å². The standard InChI is InChI=1S/C18H17ClN5/c1-20-18-22-23(2)16-11-21-17(12-6-4-3-5-7-12)14-10-13(19)8-9-15(14)24(16)18/h3-10H,11H2,1-2H3,(H,20,22)/q+1. The third kappa shape index (κ3) is 2.29. The summed E-state index contributed by atoms with van der Waals surface area (Å²) in [7, 11) is 3.81. The first-order valence-electron chi connectivity index (χ1n) is 7.75. The highest BCUT2D eigenvalue weighted by atomic mass is 35.5. The summed E-state index contributed by atoms with van der Waals surface area (Å²) < 4.78 is 3.97. The van der Waals surface area contributed by atoms with E-state index in [0.717, 1.165) is 34.3 Å². The molecule has 4 rings (SSSR count). The minimum atomic E-state index is 0.543. The molecule has 0 amide bonds. The van der Waals surface area contributed by atoms with Crippen LogP contribution in [0, 0.1) is 0 Å². The topological polar surface area (TPSA) is 46.1 Å². The molecule has 2 heterocycles. The number of nitrogens with zero attached hydrogens (tertiary/aromatic N) is 4. The Morgan fingerprint density at radius 3 is 2.71 bits per heavy atom. The lowest BCUT2D eigenvalue weighted by atomic mass is 10.0. The van der Waals surface area contributed by atoms with Crippen molar-refractivity contribution in [3.63, 3.8) is 0 Å². The summed E-state index contributed by atoms with van der Waals surface area (Å²) in [5, 5.41) is 8.39. The van der Waals surface area contributed by atoms with Crippen molar-refractivity contribution in [3.8, 4) is 5.69 Å². The molecule has 0 atom stereocenters. The van der Waals surface area contributed by atoms with E-state index in [9.17, 15) is 0 Å². The maximum atomic E-state index is 6.29. The number of aromatic nitrogens is 3. The first-order valence-corrected chi connectivity index (χ1v) is 8.12. The van der Waals surface area contributed by atoms with Gasteiger partial charge in [0, 0.05) is 28.3 Å². The van der Waals surface area contributed by atoms with Gasteiger partial charge in [0.05, 0.1) is 12.8 Å². The fourth-order valence-electron chi connectivity index (χ4n) is 3.07. The van der Waals surface area contributed by atoms with Crippen LogP contribution in [-0.2, 0) is 13.6 Å². The molecule has 0 fully saturated rings. The number of hydrogen-bond acceptors (Lipinski definition) is 3. The summed E-state index contributed by atoms with van der Waals surface area (Å²) in [6.45, 7) is 0.543. The highest BCUT2D eigenvalue weighted by Gasteiger charge is 2.29. The summed E-state index contributed by atoms with van der Waals surface area (Å²) in [6, 6.07) is 16.1. The third-order valence-electron chi connectivity index (χ3n) is 4.19. The van der Waals surface area contributed by atoms with Crippen LogP contribution in [0.15, 0.2) is 53.5 Å². The van der Waals surface area contributed by atoms with E-state index in [1.54, 1.807) is 0 Å². The van der Waals surface area contributed by atoms with Crippen molar-refractivity contribution >= 4 is 23.3 Å². The summed E-state index contributed by atoms with van der Waals surface area (Å²) in [5.41, 5.74) is 4.04. The molecule has 2 aromatic carbocycles. The number of benzene rings is 2. The number of halogens is 1. The molecule has 1 aromatic heterocycles. The molecule has 0 bridgehead atoms. The number of nitrogens with one attached hydrogen (secondary N) is 1. The minimum Gasteiger partial charge on any atom is -0.295 e. The number of rotatable bonds is 2. The molecule has 24 heavy (non-hydrogen) atoms. The van der Waals surface area contributed by atoms with Crippen molar-refractivity contribution < 1.29 is 4.57 Å². The van der Waals surface area contributed by atoms with Gasteiger partial charge in [0.1, 0.15) is 12.2 Å². The number of anilines is 1. The predicted octanol–water partition coefficient (Wildman–Crippen LogP) is 2.74. The Labute approximate surface area is 145 Å². The van der Waals surface area contributed by atoms with Crippen molar-refractivity contribution in [1.82, 2.24) is 9.78 Å². The Morgan fingerprint density at radius 2 is 1.96 bits per heavy atom. The van der Waals surface area contributed by atoms with Crippen LogP contribution >= 0.6 is 11.6 Å². The van der Waals surface area contributed by atoms with E-state index < -0.39 is 0 Å². The van der Waals surface area contributed by atoms with E-state index >= 15 is 0 Å². The second-order valence-electron chi connectivity index (χ2n) is 5.64. The largest absolute Gasteiger partial charge is 0.382 e. The van der Waals surface area contributed by atoms with Gasteiger partial charge in [-0.1, -0.05) is 41.9 Å². The Hall–Kier alpha value is -2.66. The van der Waals surface area contributed by atoms with E-state index in [1.165, 1.54) is 0 Å². The zero-order valence-electron chi connectivity index (χ0n) is 13.5. The fraction of sp³-hybridized carbons (Fsp3) is 0.167. The summed E-state index contributed by atoms with van der Waals surface area (Å²) >= 11 is 6.29. The molecule has 1 aliphatic heterocycles. The Morgan fingerprint density at radius 1 is 1.17 bits per heavy atom. The molecule has 0 saturated heterocycles. The maximum Gasteiger partial charge on any atom is 0.382 e. The number of aryl methyl sites for hydroxylation is 1.